The van der Waals surface area contributed by atoms with Crippen LogP contribution in [0.5, 0.6) is 5.75 Å². The molecule has 1 saturated heterocycles. The van der Waals surface area contributed by atoms with E-state index in [1.165, 1.54) is 6.20 Å². The van der Waals surface area contributed by atoms with Crippen LogP contribution in [0.4, 0.5) is 14.6 Å². The first-order valence-corrected chi connectivity index (χ1v) is 7.61. The highest BCUT2D eigenvalue weighted by Gasteiger charge is 2.29. The smallest absolute Gasteiger partial charge is 0.293 e. The van der Waals surface area contributed by atoms with E-state index < -0.39 is 12.5 Å². The Hall–Kier alpha value is -1.47. The predicted molar refractivity (Wildman–Crippen MR) is 82.9 cm³/mol. The Labute approximate surface area is 130 Å². The number of anilines is 1. The number of nitrogens with zero attached hydrogens (tertiary/aromatic N) is 3. The van der Waals surface area contributed by atoms with Gasteiger partial charge in [0.15, 0.2) is 6.61 Å². The minimum atomic E-state index is -2.88. The quantitative estimate of drug-likeness (QED) is 0.825. The Morgan fingerprint density at radius 2 is 2.00 bits per heavy atom. The van der Waals surface area contributed by atoms with Crippen molar-refractivity contribution in [2.24, 2.45) is 0 Å². The summed E-state index contributed by atoms with van der Waals surface area (Å²) in [7, 11) is 2.09. The summed E-state index contributed by atoms with van der Waals surface area (Å²) < 4.78 is 32.1. The third-order valence-corrected chi connectivity index (χ3v) is 3.63. The van der Waals surface area contributed by atoms with Crippen LogP contribution in [0.2, 0.25) is 0 Å². The fourth-order valence-corrected chi connectivity index (χ4v) is 2.23. The number of pyridine rings is 1. The number of halogens is 2. The van der Waals surface area contributed by atoms with Gasteiger partial charge in [-0.05, 0) is 25.7 Å². The van der Waals surface area contributed by atoms with Gasteiger partial charge in [0.25, 0.3) is 5.92 Å². The van der Waals surface area contributed by atoms with E-state index in [1.54, 1.807) is 13.0 Å². The molecule has 0 bridgehead atoms. The lowest BCUT2D eigenvalue weighted by Crippen LogP contribution is -2.44. The Bertz CT molecular complexity index is 447. The lowest BCUT2D eigenvalue weighted by Gasteiger charge is -2.33. The van der Waals surface area contributed by atoms with Crippen molar-refractivity contribution in [3.63, 3.8) is 0 Å². The molecular weight excluding hydrogens is 290 g/mol. The molecule has 2 rings (SSSR count). The van der Waals surface area contributed by atoms with Crippen molar-refractivity contribution in [1.82, 2.24) is 15.2 Å². The molecule has 124 valence electrons. The topological polar surface area (TPSA) is 40.6 Å². The van der Waals surface area contributed by atoms with Gasteiger partial charge in [0.1, 0.15) is 11.6 Å². The molecule has 1 fully saturated rings. The van der Waals surface area contributed by atoms with E-state index in [2.05, 4.69) is 27.1 Å². The molecule has 7 heteroatoms. The highest BCUT2D eigenvalue weighted by atomic mass is 19.3. The van der Waals surface area contributed by atoms with Gasteiger partial charge >= 0.3 is 0 Å². The van der Waals surface area contributed by atoms with Crippen LogP contribution in [-0.2, 0) is 0 Å². The molecule has 0 atom stereocenters. The second-order valence-corrected chi connectivity index (χ2v) is 5.57. The summed E-state index contributed by atoms with van der Waals surface area (Å²) in [5, 5.41) is 2.62. The van der Waals surface area contributed by atoms with Crippen molar-refractivity contribution >= 4 is 5.82 Å². The summed E-state index contributed by atoms with van der Waals surface area (Å²) in [6.07, 6.45) is 1.51. The molecular formula is C15H24F2N4O. The first-order chi connectivity index (χ1) is 10.5. The third-order valence-electron chi connectivity index (χ3n) is 3.63. The molecule has 22 heavy (non-hydrogen) atoms. The second kappa shape index (κ2) is 7.69. The molecule has 5 nitrogen and oxygen atoms in total. The summed E-state index contributed by atoms with van der Waals surface area (Å²) in [5.41, 5.74) is 0. The Kier molecular flexibility index (Phi) is 5.90. The standard InChI is InChI=1S/C15H24F2N4O/c1-3-18-11-15(16,17)12-22-13-4-5-14(19-10-13)21-8-6-20(2)7-9-21/h4-5,10,18H,3,6-9,11-12H2,1-2H3. The highest BCUT2D eigenvalue weighted by molar-refractivity contribution is 5.41. The van der Waals surface area contributed by atoms with Crippen LogP contribution >= 0.6 is 0 Å². The molecule has 1 aromatic heterocycles. The molecule has 0 unspecified atom stereocenters. The van der Waals surface area contributed by atoms with Gasteiger partial charge in [0.2, 0.25) is 0 Å². The van der Waals surface area contributed by atoms with Crippen molar-refractivity contribution in [3.8, 4) is 5.75 Å². The maximum absolute atomic E-state index is 13.5. The molecule has 2 heterocycles. The van der Waals surface area contributed by atoms with Crippen LogP contribution in [0.15, 0.2) is 18.3 Å². The van der Waals surface area contributed by atoms with Crippen LogP contribution in [-0.4, -0.2) is 68.7 Å². The van der Waals surface area contributed by atoms with E-state index in [1.807, 2.05) is 6.07 Å². The van der Waals surface area contributed by atoms with Gasteiger partial charge in [0.05, 0.1) is 12.7 Å². The minimum Gasteiger partial charge on any atom is -0.486 e. The fourth-order valence-electron chi connectivity index (χ4n) is 2.23. The number of rotatable bonds is 7. The summed E-state index contributed by atoms with van der Waals surface area (Å²) in [6, 6.07) is 3.52. The molecule has 1 N–H and O–H groups in total. The van der Waals surface area contributed by atoms with Gasteiger partial charge in [-0.2, -0.15) is 0 Å². The summed E-state index contributed by atoms with van der Waals surface area (Å²) in [4.78, 5) is 8.76. The van der Waals surface area contributed by atoms with Gasteiger partial charge in [-0.3, -0.25) is 0 Å². The summed E-state index contributed by atoms with van der Waals surface area (Å²) >= 11 is 0. The van der Waals surface area contributed by atoms with Crippen molar-refractivity contribution < 1.29 is 13.5 Å². The monoisotopic (exact) mass is 314 g/mol. The maximum atomic E-state index is 13.5. The Morgan fingerprint density at radius 3 is 2.59 bits per heavy atom. The molecule has 0 aromatic carbocycles. The number of aromatic nitrogens is 1. The molecule has 0 saturated carbocycles. The van der Waals surface area contributed by atoms with Crippen LogP contribution < -0.4 is 15.0 Å². The molecule has 0 aliphatic carbocycles. The van der Waals surface area contributed by atoms with E-state index in [-0.39, 0.29) is 6.54 Å². The molecule has 0 spiro atoms. The third kappa shape index (κ3) is 5.06. The van der Waals surface area contributed by atoms with E-state index in [4.69, 9.17) is 4.74 Å². The maximum Gasteiger partial charge on any atom is 0.293 e. The number of ether oxygens (including phenoxy) is 1. The second-order valence-electron chi connectivity index (χ2n) is 5.57. The number of piperazine rings is 1. The van der Waals surface area contributed by atoms with Gasteiger partial charge in [-0.1, -0.05) is 6.92 Å². The number of hydrogen-bond donors (Lipinski definition) is 1. The highest BCUT2D eigenvalue weighted by Crippen LogP contribution is 2.19. The van der Waals surface area contributed by atoms with Crippen LogP contribution in [0.1, 0.15) is 6.92 Å². The zero-order chi connectivity index (χ0) is 16.0. The summed E-state index contributed by atoms with van der Waals surface area (Å²) in [6.45, 7) is 5.11. The van der Waals surface area contributed by atoms with E-state index in [0.717, 1.165) is 32.0 Å². The van der Waals surface area contributed by atoms with Gasteiger partial charge in [0, 0.05) is 26.2 Å². The van der Waals surface area contributed by atoms with E-state index in [0.29, 0.717) is 12.3 Å². The van der Waals surface area contributed by atoms with Crippen LogP contribution in [0.25, 0.3) is 0 Å². The first kappa shape index (κ1) is 16.9. The predicted octanol–water partition coefficient (Wildman–Crippen LogP) is 1.46. The number of hydrogen-bond acceptors (Lipinski definition) is 5. The lowest BCUT2D eigenvalue weighted by atomic mass is 10.3. The van der Waals surface area contributed by atoms with Gasteiger partial charge in [-0.25, -0.2) is 13.8 Å². The largest absolute Gasteiger partial charge is 0.486 e. The zero-order valence-electron chi connectivity index (χ0n) is 13.2. The average Bonchev–Trinajstić information content (AvgIpc) is 2.52. The molecule has 0 amide bonds. The molecule has 1 aromatic rings. The van der Waals surface area contributed by atoms with Crippen molar-refractivity contribution in [3.05, 3.63) is 18.3 Å². The van der Waals surface area contributed by atoms with E-state index in [9.17, 15) is 8.78 Å². The normalized spacial score (nSPS) is 16.8. The number of likely N-dealkylation sites (N-methyl/N-ethyl adjacent to an activating group) is 1. The number of nitrogens with one attached hydrogen (secondary N) is 1. The zero-order valence-corrected chi connectivity index (χ0v) is 13.2. The first-order valence-electron chi connectivity index (χ1n) is 7.61. The summed E-state index contributed by atoms with van der Waals surface area (Å²) in [5.74, 6) is -1.65. The van der Waals surface area contributed by atoms with Gasteiger partial charge in [-0.15, -0.1) is 0 Å². The van der Waals surface area contributed by atoms with E-state index >= 15 is 0 Å². The number of alkyl halides is 2. The molecule has 1 aliphatic heterocycles. The average molecular weight is 314 g/mol. The van der Waals surface area contributed by atoms with Crippen LogP contribution in [0, 0.1) is 0 Å². The van der Waals surface area contributed by atoms with Gasteiger partial charge < -0.3 is 19.9 Å². The lowest BCUT2D eigenvalue weighted by molar-refractivity contribution is -0.0385. The van der Waals surface area contributed by atoms with Crippen LogP contribution in [0.3, 0.4) is 0 Å². The van der Waals surface area contributed by atoms with Crippen molar-refractivity contribution in [2.45, 2.75) is 12.8 Å². The SMILES string of the molecule is CCNCC(F)(F)COc1ccc(N2CCN(C)CC2)nc1. The molecule has 1 aliphatic rings. The Morgan fingerprint density at radius 1 is 1.27 bits per heavy atom. The Balaban J connectivity index is 1.84. The molecule has 0 radical (unpaired) electrons. The fraction of sp³-hybridized carbons (Fsp3) is 0.667. The van der Waals surface area contributed by atoms with Crippen molar-refractivity contribution in [2.75, 3.05) is 57.8 Å². The van der Waals surface area contributed by atoms with Crippen molar-refractivity contribution in [1.29, 1.82) is 0 Å². The minimum absolute atomic E-state index is 0.369.